The third-order valence-electron chi connectivity index (χ3n) is 7.13. The molecule has 7 nitrogen and oxygen atoms in total. The molecule has 5 rings (SSSR count). The van der Waals surface area contributed by atoms with Crippen LogP contribution in [0.25, 0.3) is 21.8 Å². The molecular weight excluding hydrogens is 488 g/mol. The Hall–Kier alpha value is -4.05. The Morgan fingerprint density at radius 3 is 2.46 bits per heavy atom. The second-order valence-electron chi connectivity index (χ2n) is 11.6. The predicted molar refractivity (Wildman–Crippen MR) is 153 cm³/mol. The number of ether oxygens (including phenoxy) is 2. The summed E-state index contributed by atoms with van der Waals surface area (Å²) in [4.78, 5) is 19.2. The topological polar surface area (TPSA) is 80.4 Å². The molecule has 0 aliphatic carbocycles. The van der Waals surface area contributed by atoms with E-state index in [2.05, 4.69) is 42.7 Å². The Labute approximate surface area is 229 Å². The zero-order valence-electron chi connectivity index (χ0n) is 23.4. The average molecular weight is 525 g/mol. The highest BCUT2D eigenvalue weighted by Crippen LogP contribution is 2.30. The molecule has 1 saturated heterocycles. The number of imidazole rings is 1. The zero-order valence-corrected chi connectivity index (χ0v) is 23.4. The van der Waals surface area contributed by atoms with Gasteiger partial charge in [-0.3, -0.25) is 0 Å². The highest BCUT2D eigenvalue weighted by molar-refractivity contribution is 5.90. The van der Waals surface area contributed by atoms with Crippen LogP contribution in [0.4, 0.5) is 4.79 Å². The van der Waals surface area contributed by atoms with Gasteiger partial charge in [0, 0.05) is 44.5 Å². The summed E-state index contributed by atoms with van der Waals surface area (Å²) in [6.45, 7) is 11.9. The molecule has 1 aromatic heterocycles. The maximum absolute atomic E-state index is 12.4. The highest BCUT2D eigenvalue weighted by Gasteiger charge is 2.28. The first kappa shape index (κ1) is 26.6. The van der Waals surface area contributed by atoms with Gasteiger partial charge in [0.15, 0.2) is 0 Å². The van der Waals surface area contributed by atoms with Gasteiger partial charge in [0.05, 0.1) is 22.7 Å². The number of rotatable bonds is 5. The summed E-state index contributed by atoms with van der Waals surface area (Å²) < 4.78 is 14.1. The Kier molecular flexibility index (Phi) is 7.22. The first-order valence-electron chi connectivity index (χ1n) is 13.7. The lowest BCUT2D eigenvalue weighted by Crippen LogP contribution is -2.44. The molecule has 1 amide bonds. The summed E-state index contributed by atoms with van der Waals surface area (Å²) in [6, 6.07) is 20.5. The maximum atomic E-state index is 12.4. The molecule has 0 bridgehead atoms. The van der Waals surface area contributed by atoms with Gasteiger partial charge in [-0.1, -0.05) is 44.2 Å². The smallest absolute Gasteiger partial charge is 0.410 e. The third kappa shape index (κ3) is 5.70. The van der Waals surface area contributed by atoms with Gasteiger partial charge in [0.1, 0.15) is 23.3 Å². The van der Waals surface area contributed by atoms with E-state index >= 15 is 0 Å². The van der Waals surface area contributed by atoms with E-state index in [1.807, 2.05) is 57.2 Å². The Morgan fingerprint density at radius 1 is 1.08 bits per heavy atom. The molecule has 0 N–H and O–H groups in total. The van der Waals surface area contributed by atoms with Crippen LogP contribution in [0.5, 0.6) is 5.75 Å². The number of benzene rings is 3. The average Bonchev–Trinajstić information content (AvgIpc) is 3.26. The van der Waals surface area contributed by atoms with Crippen LogP contribution >= 0.6 is 0 Å². The molecule has 2 heterocycles. The number of aromatic nitrogens is 2. The minimum Gasteiger partial charge on any atom is -0.490 e. The monoisotopic (exact) mass is 524 g/mol. The largest absolute Gasteiger partial charge is 0.490 e. The van der Waals surface area contributed by atoms with Gasteiger partial charge in [-0.05, 0) is 55.3 Å². The molecule has 1 aliphatic heterocycles. The highest BCUT2D eigenvalue weighted by atomic mass is 16.6. The minimum absolute atomic E-state index is 0.0396. The number of amides is 1. The van der Waals surface area contributed by atoms with E-state index in [-0.39, 0.29) is 18.1 Å². The molecule has 1 aliphatic rings. The minimum atomic E-state index is -0.495. The molecule has 0 saturated carbocycles. The van der Waals surface area contributed by atoms with Crippen LogP contribution in [0.1, 0.15) is 70.3 Å². The summed E-state index contributed by atoms with van der Waals surface area (Å²) in [6.07, 6.45) is 1.30. The van der Waals surface area contributed by atoms with Gasteiger partial charge in [0.25, 0.3) is 0 Å². The Bertz CT molecular complexity index is 1550. The maximum Gasteiger partial charge on any atom is 0.410 e. The van der Waals surface area contributed by atoms with Crippen molar-refractivity contribution in [3.8, 4) is 11.8 Å². The van der Waals surface area contributed by atoms with Gasteiger partial charge in [-0.2, -0.15) is 5.26 Å². The van der Waals surface area contributed by atoms with Crippen molar-refractivity contribution in [3.63, 3.8) is 0 Å². The van der Waals surface area contributed by atoms with Crippen LogP contribution in [0.15, 0.2) is 54.6 Å². The van der Waals surface area contributed by atoms with Gasteiger partial charge < -0.3 is 18.9 Å². The molecule has 0 atom stereocenters. The van der Waals surface area contributed by atoms with Crippen molar-refractivity contribution in [1.29, 1.82) is 5.26 Å². The lowest BCUT2D eigenvalue weighted by Gasteiger charge is -2.33. The molecule has 1 fully saturated rings. The van der Waals surface area contributed by atoms with Crippen LogP contribution in [-0.2, 0) is 11.3 Å². The van der Waals surface area contributed by atoms with Crippen molar-refractivity contribution in [2.24, 2.45) is 0 Å². The molecule has 39 heavy (non-hydrogen) atoms. The van der Waals surface area contributed by atoms with Gasteiger partial charge in [-0.15, -0.1) is 0 Å². The Morgan fingerprint density at radius 2 is 1.79 bits per heavy atom. The van der Waals surface area contributed by atoms with Crippen molar-refractivity contribution in [3.05, 3.63) is 71.5 Å². The van der Waals surface area contributed by atoms with E-state index in [1.165, 1.54) is 0 Å². The number of piperidine rings is 1. The van der Waals surface area contributed by atoms with Crippen LogP contribution in [-0.4, -0.2) is 45.3 Å². The SMILES string of the molecule is CC(C)c1nc2cc(OC3CCN(C(=O)OC(C)(C)C)CC3)ccc2n1Cc1ccc(C#N)c2ccccc12. The second-order valence-corrected chi connectivity index (χ2v) is 11.6. The van der Waals surface area contributed by atoms with E-state index in [9.17, 15) is 10.1 Å². The van der Waals surface area contributed by atoms with Gasteiger partial charge in [-0.25, -0.2) is 9.78 Å². The summed E-state index contributed by atoms with van der Waals surface area (Å²) in [7, 11) is 0. The fourth-order valence-corrected chi connectivity index (χ4v) is 5.25. The van der Waals surface area contributed by atoms with E-state index in [4.69, 9.17) is 14.5 Å². The summed E-state index contributed by atoms with van der Waals surface area (Å²) in [5.41, 5.74) is 3.31. The zero-order chi connectivity index (χ0) is 27.7. The number of likely N-dealkylation sites (tertiary alicyclic amines) is 1. The van der Waals surface area contributed by atoms with E-state index in [0.717, 1.165) is 51.8 Å². The molecule has 0 radical (unpaired) electrons. The second kappa shape index (κ2) is 10.6. The molecule has 4 aromatic rings. The van der Waals surface area contributed by atoms with Crippen LogP contribution in [0, 0.1) is 11.3 Å². The number of nitriles is 1. The third-order valence-corrected chi connectivity index (χ3v) is 7.13. The number of nitrogens with zero attached hydrogens (tertiary/aromatic N) is 4. The van der Waals surface area contributed by atoms with Crippen molar-refractivity contribution in [2.45, 2.75) is 71.6 Å². The molecule has 0 spiro atoms. The summed E-state index contributed by atoms with van der Waals surface area (Å²) in [5.74, 6) is 2.05. The van der Waals surface area contributed by atoms with Crippen molar-refractivity contribution in [2.75, 3.05) is 13.1 Å². The first-order valence-corrected chi connectivity index (χ1v) is 13.7. The van der Waals surface area contributed by atoms with Crippen molar-refractivity contribution in [1.82, 2.24) is 14.5 Å². The molecular formula is C32H36N4O3. The first-order chi connectivity index (χ1) is 18.6. The van der Waals surface area contributed by atoms with Crippen LogP contribution < -0.4 is 4.74 Å². The van der Waals surface area contributed by atoms with Crippen molar-refractivity contribution < 1.29 is 14.3 Å². The van der Waals surface area contributed by atoms with E-state index < -0.39 is 5.60 Å². The fraction of sp³-hybridized carbons (Fsp3) is 0.406. The standard InChI is InChI=1S/C32H36N4O3/c1-21(2)30-34-28-18-25(38-24-14-16-35(17-15-24)31(37)39-32(3,4)5)12-13-29(28)36(30)20-23-11-10-22(19-33)26-8-6-7-9-27(23)26/h6-13,18,21,24H,14-17,20H2,1-5H3. The van der Waals surface area contributed by atoms with Crippen molar-refractivity contribution >= 4 is 27.9 Å². The number of carbonyl (C=O) groups excluding carboxylic acids is 1. The van der Waals surface area contributed by atoms with Crippen LogP contribution in [0.3, 0.4) is 0 Å². The van der Waals surface area contributed by atoms with Crippen LogP contribution in [0.2, 0.25) is 0 Å². The summed E-state index contributed by atoms with van der Waals surface area (Å²) >= 11 is 0. The van der Waals surface area contributed by atoms with E-state index in [0.29, 0.717) is 25.2 Å². The quantitative estimate of drug-likeness (QED) is 0.280. The number of carbonyl (C=O) groups is 1. The lowest BCUT2D eigenvalue weighted by atomic mass is 10.00. The molecule has 202 valence electrons. The number of hydrogen-bond donors (Lipinski definition) is 0. The predicted octanol–water partition coefficient (Wildman–Crippen LogP) is 7.01. The normalized spacial score (nSPS) is 14.6. The molecule has 3 aromatic carbocycles. The number of hydrogen-bond acceptors (Lipinski definition) is 5. The Balaban J connectivity index is 1.36. The van der Waals surface area contributed by atoms with Gasteiger partial charge in [0.2, 0.25) is 0 Å². The summed E-state index contributed by atoms with van der Waals surface area (Å²) in [5, 5.41) is 11.6. The lowest BCUT2D eigenvalue weighted by molar-refractivity contribution is 0.0127. The molecule has 7 heteroatoms. The fourth-order valence-electron chi connectivity index (χ4n) is 5.25. The van der Waals surface area contributed by atoms with Gasteiger partial charge >= 0.3 is 6.09 Å². The van der Waals surface area contributed by atoms with E-state index in [1.54, 1.807) is 4.90 Å². The molecule has 0 unspecified atom stereocenters. The number of fused-ring (bicyclic) bond motifs is 2.